The van der Waals surface area contributed by atoms with E-state index in [-0.39, 0.29) is 11.6 Å². The highest BCUT2D eigenvalue weighted by Crippen LogP contribution is 2.38. The third kappa shape index (κ3) is 4.78. The zero-order valence-corrected chi connectivity index (χ0v) is 17.8. The molecule has 1 aliphatic heterocycles. The van der Waals surface area contributed by atoms with Crippen LogP contribution in [0.2, 0.25) is 5.02 Å². The molecule has 0 spiro atoms. The maximum absolute atomic E-state index is 12.3. The number of cyclic esters (lactones) is 1. The van der Waals surface area contributed by atoms with Crippen LogP contribution in [0.5, 0.6) is 11.5 Å². The molecule has 3 aromatic carbocycles. The third-order valence-electron chi connectivity index (χ3n) is 4.70. The number of rotatable bonds is 6. The molecule has 0 fully saturated rings. The summed E-state index contributed by atoms with van der Waals surface area (Å²) in [6.07, 6.45) is 1.61. The van der Waals surface area contributed by atoms with Gasteiger partial charge in [0.2, 0.25) is 5.90 Å². The van der Waals surface area contributed by atoms with Gasteiger partial charge in [-0.15, -0.1) is 0 Å². The topological polar surface area (TPSA) is 57.1 Å². The van der Waals surface area contributed by atoms with Crippen molar-refractivity contribution in [1.82, 2.24) is 0 Å². The zero-order chi connectivity index (χ0) is 21.8. The van der Waals surface area contributed by atoms with Crippen LogP contribution in [0.3, 0.4) is 0 Å². The molecule has 1 heterocycles. The molecule has 0 bridgehead atoms. The van der Waals surface area contributed by atoms with Crippen LogP contribution in [0.1, 0.15) is 22.3 Å². The van der Waals surface area contributed by atoms with Gasteiger partial charge in [0.1, 0.15) is 6.61 Å². The molecule has 0 aliphatic carbocycles. The van der Waals surface area contributed by atoms with Crippen molar-refractivity contribution in [2.24, 2.45) is 4.99 Å². The number of aliphatic imine (C=N–C) groups is 1. The molecule has 31 heavy (non-hydrogen) atoms. The largest absolute Gasteiger partial charge is 0.493 e. The summed E-state index contributed by atoms with van der Waals surface area (Å²) in [4.78, 5) is 16.6. The lowest BCUT2D eigenvalue weighted by molar-refractivity contribution is -0.129. The smallest absolute Gasteiger partial charge is 0.363 e. The van der Waals surface area contributed by atoms with Gasteiger partial charge in [-0.05, 0) is 48.4 Å². The molecule has 5 nitrogen and oxygen atoms in total. The fourth-order valence-corrected chi connectivity index (χ4v) is 3.35. The molecule has 6 heteroatoms. The minimum absolute atomic E-state index is 0.187. The lowest BCUT2D eigenvalue weighted by Gasteiger charge is -2.13. The zero-order valence-electron chi connectivity index (χ0n) is 17.1. The minimum Gasteiger partial charge on any atom is -0.493 e. The quantitative estimate of drug-likeness (QED) is 0.376. The monoisotopic (exact) mass is 433 g/mol. The van der Waals surface area contributed by atoms with Crippen LogP contribution in [0.25, 0.3) is 6.08 Å². The fourth-order valence-electron chi connectivity index (χ4n) is 3.08. The third-order valence-corrected chi connectivity index (χ3v) is 4.98. The van der Waals surface area contributed by atoms with Gasteiger partial charge in [0.25, 0.3) is 0 Å². The van der Waals surface area contributed by atoms with Crippen LogP contribution in [-0.2, 0) is 16.1 Å². The van der Waals surface area contributed by atoms with Gasteiger partial charge in [-0.2, -0.15) is 0 Å². The van der Waals surface area contributed by atoms with Crippen LogP contribution < -0.4 is 9.47 Å². The van der Waals surface area contributed by atoms with E-state index in [0.717, 1.165) is 16.7 Å². The predicted molar refractivity (Wildman–Crippen MR) is 121 cm³/mol. The molecule has 0 amide bonds. The van der Waals surface area contributed by atoms with Crippen molar-refractivity contribution in [3.05, 3.63) is 99.7 Å². The molecule has 4 rings (SSSR count). The van der Waals surface area contributed by atoms with E-state index in [1.807, 2.05) is 61.5 Å². The number of carbonyl (C=O) groups excluding carboxylic acids is 1. The molecule has 0 atom stereocenters. The fraction of sp³-hybridized carbons (Fsp3) is 0.120. The van der Waals surface area contributed by atoms with Gasteiger partial charge in [0.15, 0.2) is 17.2 Å². The Kier molecular flexibility index (Phi) is 6.05. The van der Waals surface area contributed by atoms with Crippen molar-refractivity contribution in [2.75, 3.05) is 7.11 Å². The van der Waals surface area contributed by atoms with Crippen LogP contribution in [-0.4, -0.2) is 19.0 Å². The van der Waals surface area contributed by atoms with Crippen molar-refractivity contribution in [3.63, 3.8) is 0 Å². The number of ether oxygens (including phenoxy) is 3. The van der Waals surface area contributed by atoms with Crippen LogP contribution >= 0.6 is 11.6 Å². The SMILES string of the molecule is COc1cc(/C=C2\N=C(c3ccc(C)cc3)OC2=O)cc(Cl)c1OCc1ccccc1. The van der Waals surface area contributed by atoms with Gasteiger partial charge in [-0.3, -0.25) is 0 Å². The van der Waals surface area contributed by atoms with Gasteiger partial charge in [-0.25, -0.2) is 9.79 Å². The highest BCUT2D eigenvalue weighted by molar-refractivity contribution is 6.32. The summed E-state index contributed by atoms with van der Waals surface area (Å²) in [5.74, 6) is 0.657. The molecule has 0 aromatic heterocycles. The Balaban J connectivity index is 1.59. The summed E-state index contributed by atoms with van der Waals surface area (Å²) in [5, 5.41) is 0.372. The van der Waals surface area contributed by atoms with Crippen LogP contribution in [0, 0.1) is 6.92 Å². The van der Waals surface area contributed by atoms with E-state index < -0.39 is 5.97 Å². The van der Waals surface area contributed by atoms with Gasteiger partial charge in [0, 0.05) is 5.56 Å². The van der Waals surface area contributed by atoms with Crippen LogP contribution in [0.15, 0.2) is 77.4 Å². The number of carbonyl (C=O) groups is 1. The lowest BCUT2D eigenvalue weighted by Crippen LogP contribution is -2.05. The van der Waals surface area contributed by atoms with Crippen molar-refractivity contribution in [1.29, 1.82) is 0 Å². The van der Waals surface area contributed by atoms with Gasteiger partial charge in [-0.1, -0.05) is 59.6 Å². The lowest BCUT2D eigenvalue weighted by atomic mass is 10.1. The highest BCUT2D eigenvalue weighted by atomic mass is 35.5. The summed E-state index contributed by atoms with van der Waals surface area (Å²) in [6, 6.07) is 20.8. The molecular weight excluding hydrogens is 414 g/mol. The first-order chi connectivity index (χ1) is 15.0. The predicted octanol–water partition coefficient (Wildman–Crippen LogP) is 5.58. The second-order valence-electron chi connectivity index (χ2n) is 7.01. The normalized spacial score (nSPS) is 14.4. The molecule has 0 unspecified atom stereocenters. The van der Waals surface area contributed by atoms with Gasteiger partial charge >= 0.3 is 5.97 Å². The summed E-state index contributed by atoms with van der Waals surface area (Å²) >= 11 is 6.45. The molecule has 0 saturated heterocycles. The Morgan fingerprint density at radius 1 is 1.06 bits per heavy atom. The highest BCUT2D eigenvalue weighted by Gasteiger charge is 2.24. The summed E-state index contributed by atoms with van der Waals surface area (Å²) in [7, 11) is 1.54. The number of nitrogens with zero attached hydrogens (tertiary/aromatic N) is 1. The number of aryl methyl sites for hydroxylation is 1. The molecule has 156 valence electrons. The Hall–Kier alpha value is -3.57. The summed E-state index contributed by atoms with van der Waals surface area (Å²) < 4.78 is 16.7. The first-order valence-electron chi connectivity index (χ1n) is 9.67. The number of halogens is 1. The molecule has 0 saturated carbocycles. The molecule has 1 aliphatic rings. The van der Waals surface area contributed by atoms with E-state index in [1.54, 1.807) is 18.2 Å². The van der Waals surface area contributed by atoms with E-state index in [4.69, 9.17) is 25.8 Å². The number of methoxy groups -OCH3 is 1. The summed E-state index contributed by atoms with van der Waals surface area (Å²) in [5.41, 5.74) is 3.70. The number of hydrogen-bond acceptors (Lipinski definition) is 5. The molecule has 3 aromatic rings. The first-order valence-corrected chi connectivity index (χ1v) is 10.0. The molecular formula is C25H20ClNO4. The van der Waals surface area contributed by atoms with Crippen molar-refractivity contribution in [3.8, 4) is 11.5 Å². The van der Waals surface area contributed by atoms with E-state index in [1.165, 1.54) is 7.11 Å². The Morgan fingerprint density at radius 3 is 2.52 bits per heavy atom. The van der Waals surface area contributed by atoms with E-state index in [0.29, 0.717) is 28.7 Å². The van der Waals surface area contributed by atoms with E-state index in [2.05, 4.69) is 4.99 Å². The Labute approximate surface area is 185 Å². The van der Waals surface area contributed by atoms with Gasteiger partial charge in [0.05, 0.1) is 12.1 Å². The minimum atomic E-state index is -0.518. The van der Waals surface area contributed by atoms with Crippen molar-refractivity contribution in [2.45, 2.75) is 13.5 Å². The summed E-state index contributed by atoms with van der Waals surface area (Å²) in [6.45, 7) is 2.34. The number of esters is 1. The average Bonchev–Trinajstić information content (AvgIpc) is 3.14. The molecule has 0 N–H and O–H groups in total. The van der Waals surface area contributed by atoms with Crippen molar-refractivity contribution >= 4 is 29.5 Å². The Morgan fingerprint density at radius 2 is 1.81 bits per heavy atom. The average molecular weight is 434 g/mol. The van der Waals surface area contributed by atoms with Gasteiger partial charge < -0.3 is 14.2 Å². The van der Waals surface area contributed by atoms with E-state index >= 15 is 0 Å². The maximum atomic E-state index is 12.3. The standard InChI is InChI=1S/C25H20ClNO4/c1-16-8-10-19(11-9-16)24-27-21(25(28)31-24)13-18-12-20(26)23(22(14-18)29-2)30-15-17-6-4-3-5-7-17/h3-14H,15H2,1-2H3/b21-13-. The van der Waals surface area contributed by atoms with Crippen LogP contribution in [0.4, 0.5) is 0 Å². The number of hydrogen-bond donors (Lipinski definition) is 0. The van der Waals surface area contributed by atoms with Crippen molar-refractivity contribution < 1.29 is 19.0 Å². The number of benzene rings is 3. The first kappa shape index (κ1) is 20.7. The van der Waals surface area contributed by atoms with E-state index in [9.17, 15) is 4.79 Å². The second-order valence-corrected chi connectivity index (χ2v) is 7.42. The second kappa shape index (κ2) is 9.06. The Bertz CT molecular complexity index is 1170. The maximum Gasteiger partial charge on any atom is 0.363 e. The molecule has 0 radical (unpaired) electrons.